The molecule has 0 aliphatic heterocycles. The van der Waals surface area contributed by atoms with E-state index in [2.05, 4.69) is 34.5 Å². The molecule has 1 N–H and O–H groups in total. The molecule has 0 aliphatic carbocycles. The predicted molar refractivity (Wildman–Crippen MR) is 107 cm³/mol. The summed E-state index contributed by atoms with van der Waals surface area (Å²) in [5.41, 5.74) is 4.93. The number of aromatic amines is 1. The van der Waals surface area contributed by atoms with E-state index in [0.717, 1.165) is 33.4 Å². The van der Waals surface area contributed by atoms with Crippen LogP contribution in [0.5, 0.6) is 0 Å². The Bertz CT molecular complexity index is 1280. The largest absolute Gasteiger partial charge is 0.409 e. The molecule has 2 aromatic heterocycles. The van der Waals surface area contributed by atoms with Crippen LogP contribution >= 0.6 is 12.2 Å². The molecule has 5 nitrogen and oxygen atoms in total. The highest BCUT2D eigenvalue weighted by Crippen LogP contribution is 2.30. The van der Waals surface area contributed by atoms with Crippen LogP contribution in [0.1, 0.15) is 0 Å². The molecule has 130 valence electrons. The average molecular weight is 370 g/mol. The molecule has 3 aromatic carbocycles. The Morgan fingerprint density at radius 3 is 2.30 bits per heavy atom. The quantitative estimate of drug-likeness (QED) is 0.432. The molecule has 2 heterocycles. The Kier molecular flexibility index (Phi) is 3.69. The third-order valence-electron chi connectivity index (χ3n) is 4.43. The summed E-state index contributed by atoms with van der Waals surface area (Å²) in [6, 6.07) is 26.3. The SMILES string of the molecule is S=c1[nH]nc(-c2ccc(-n3nc(-c4ccccc4)c4ccccc43)cc2)o1. The van der Waals surface area contributed by atoms with E-state index in [0.29, 0.717) is 5.89 Å². The number of hydrogen-bond acceptors (Lipinski definition) is 4. The van der Waals surface area contributed by atoms with Gasteiger partial charge < -0.3 is 4.42 Å². The van der Waals surface area contributed by atoms with Crippen molar-refractivity contribution in [2.45, 2.75) is 0 Å². The number of para-hydroxylation sites is 1. The van der Waals surface area contributed by atoms with Crippen molar-refractivity contribution in [1.82, 2.24) is 20.0 Å². The summed E-state index contributed by atoms with van der Waals surface area (Å²) in [6.07, 6.45) is 0. The van der Waals surface area contributed by atoms with Gasteiger partial charge >= 0.3 is 0 Å². The van der Waals surface area contributed by atoms with Gasteiger partial charge in [-0.25, -0.2) is 9.78 Å². The molecule has 0 unspecified atom stereocenters. The summed E-state index contributed by atoms with van der Waals surface area (Å²) in [5.74, 6) is 0.474. The highest BCUT2D eigenvalue weighted by molar-refractivity contribution is 7.71. The van der Waals surface area contributed by atoms with E-state index in [1.54, 1.807) is 0 Å². The Labute approximate surface area is 159 Å². The van der Waals surface area contributed by atoms with Crippen LogP contribution in [-0.2, 0) is 0 Å². The van der Waals surface area contributed by atoms with Gasteiger partial charge in [-0.3, -0.25) is 0 Å². The highest BCUT2D eigenvalue weighted by Gasteiger charge is 2.13. The van der Waals surface area contributed by atoms with Gasteiger partial charge in [0.15, 0.2) is 0 Å². The van der Waals surface area contributed by atoms with E-state index in [1.165, 1.54) is 0 Å². The number of aromatic nitrogens is 4. The Morgan fingerprint density at radius 1 is 0.815 bits per heavy atom. The maximum Gasteiger partial charge on any atom is 0.284 e. The van der Waals surface area contributed by atoms with Gasteiger partial charge in [-0.1, -0.05) is 48.5 Å². The maximum atomic E-state index is 5.37. The lowest BCUT2D eigenvalue weighted by Crippen LogP contribution is -1.96. The van der Waals surface area contributed by atoms with E-state index in [9.17, 15) is 0 Å². The molecule has 0 bridgehead atoms. The molecular formula is C21H14N4OS. The van der Waals surface area contributed by atoms with E-state index < -0.39 is 0 Å². The van der Waals surface area contributed by atoms with Gasteiger partial charge in [-0.15, -0.1) is 5.10 Å². The van der Waals surface area contributed by atoms with Gasteiger partial charge in [-0.2, -0.15) is 5.10 Å². The van der Waals surface area contributed by atoms with Crippen LogP contribution in [0.4, 0.5) is 0 Å². The van der Waals surface area contributed by atoms with E-state index in [1.807, 2.05) is 59.3 Å². The van der Waals surface area contributed by atoms with Crippen LogP contribution in [0.15, 0.2) is 83.3 Å². The molecular weight excluding hydrogens is 356 g/mol. The monoisotopic (exact) mass is 370 g/mol. The summed E-state index contributed by atoms with van der Waals surface area (Å²) < 4.78 is 7.33. The zero-order chi connectivity index (χ0) is 18.2. The fourth-order valence-electron chi connectivity index (χ4n) is 3.17. The first-order valence-corrected chi connectivity index (χ1v) is 8.90. The zero-order valence-electron chi connectivity index (χ0n) is 14.2. The standard InChI is InChI=1S/C21H14N4OS/c27-21-23-22-20(26-21)15-10-12-16(13-11-15)25-18-9-5-4-8-17(18)19(24-25)14-6-2-1-3-7-14/h1-13H,(H,23,27). The number of fused-ring (bicyclic) bond motifs is 1. The van der Waals surface area contributed by atoms with Gasteiger partial charge in [0, 0.05) is 16.5 Å². The second-order valence-electron chi connectivity index (χ2n) is 6.11. The summed E-state index contributed by atoms with van der Waals surface area (Å²) in [7, 11) is 0. The van der Waals surface area contributed by atoms with Crippen molar-refractivity contribution < 1.29 is 4.42 Å². The van der Waals surface area contributed by atoms with Crippen molar-refractivity contribution in [2.24, 2.45) is 0 Å². The van der Waals surface area contributed by atoms with Crippen molar-refractivity contribution >= 4 is 23.1 Å². The van der Waals surface area contributed by atoms with Crippen LogP contribution < -0.4 is 0 Å². The molecule has 27 heavy (non-hydrogen) atoms. The Morgan fingerprint density at radius 2 is 1.56 bits per heavy atom. The van der Waals surface area contributed by atoms with E-state index >= 15 is 0 Å². The lowest BCUT2D eigenvalue weighted by Gasteiger charge is -2.04. The molecule has 0 radical (unpaired) electrons. The number of nitrogens with one attached hydrogen (secondary N) is 1. The van der Waals surface area contributed by atoms with Gasteiger partial charge in [0.2, 0.25) is 5.89 Å². The van der Waals surface area contributed by atoms with Crippen LogP contribution in [0.25, 0.3) is 39.3 Å². The zero-order valence-corrected chi connectivity index (χ0v) is 15.0. The van der Waals surface area contributed by atoms with Crippen LogP contribution in [-0.4, -0.2) is 20.0 Å². The first-order chi connectivity index (χ1) is 13.3. The van der Waals surface area contributed by atoms with Gasteiger partial charge in [0.05, 0.1) is 11.2 Å². The lowest BCUT2D eigenvalue weighted by atomic mass is 10.1. The molecule has 0 amide bonds. The average Bonchev–Trinajstić information content (AvgIpc) is 3.33. The molecule has 0 saturated heterocycles. The van der Waals surface area contributed by atoms with Crippen molar-refractivity contribution in [3.8, 4) is 28.4 Å². The first kappa shape index (κ1) is 15.7. The van der Waals surface area contributed by atoms with E-state index in [-0.39, 0.29) is 4.84 Å². The lowest BCUT2D eigenvalue weighted by molar-refractivity contribution is 0.552. The predicted octanol–water partition coefficient (Wildman–Crippen LogP) is 5.41. The first-order valence-electron chi connectivity index (χ1n) is 8.49. The fraction of sp³-hybridized carbons (Fsp3) is 0. The number of hydrogen-bond donors (Lipinski definition) is 1. The number of benzene rings is 3. The van der Waals surface area contributed by atoms with Crippen molar-refractivity contribution in [3.05, 3.63) is 83.7 Å². The minimum atomic E-state index is 0.264. The summed E-state index contributed by atoms with van der Waals surface area (Å²) in [6.45, 7) is 0. The molecule has 5 rings (SSSR count). The van der Waals surface area contributed by atoms with Crippen LogP contribution in [0, 0.1) is 4.84 Å². The smallest absolute Gasteiger partial charge is 0.284 e. The summed E-state index contributed by atoms with van der Waals surface area (Å²) in [4.78, 5) is 0.264. The number of nitrogens with zero attached hydrogens (tertiary/aromatic N) is 3. The van der Waals surface area contributed by atoms with Gasteiger partial charge in [0.1, 0.15) is 5.69 Å². The topological polar surface area (TPSA) is 59.6 Å². The molecule has 0 spiro atoms. The molecule has 6 heteroatoms. The van der Waals surface area contributed by atoms with Crippen molar-refractivity contribution in [2.75, 3.05) is 0 Å². The minimum absolute atomic E-state index is 0.264. The molecule has 0 fully saturated rings. The molecule has 0 saturated carbocycles. The minimum Gasteiger partial charge on any atom is -0.409 e. The van der Waals surface area contributed by atoms with Crippen molar-refractivity contribution in [3.63, 3.8) is 0 Å². The molecule has 0 atom stereocenters. The molecule has 0 aliphatic rings. The number of H-pyrrole nitrogens is 1. The van der Waals surface area contributed by atoms with Gasteiger partial charge in [0.25, 0.3) is 4.84 Å². The van der Waals surface area contributed by atoms with Crippen LogP contribution in [0.3, 0.4) is 0 Å². The third kappa shape index (κ3) is 2.76. The Hall–Kier alpha value is -3.51. The van der Waals surface area contributed by atoms with E-state index in [4.69, 9.17) is 21.7 Å². The normalized spacial score (nSPS) is 11.1. The summed E-state index contributed by atoms with van der Waals surface area (Å²) >= 11 is 4.94. The molecule has 5 aromatic rings. The maximum absolute atomic E-state index is 5.37. The number of rotatable bonds is 3. The third-order valence-corrected chi connectivity index (χ3v) is 4.61. The van der Waals surface area contributed by atoms with Crippen LogP contribution in [0.2, 0.25) is 0 Å². The fourth-order valence-corrected chi connectivity index (χ4v) is 3.30. The van der Waals surface area contributed by atoms with Gasteiger partial charge in [-0.05, 0) is 42.5 Å². The summed E-state index contributed by atoms with van der Waals surface area (Å²) in [5, 5.41) is 12.7. The second kappa shape index (κ2) is 6.34. The van der Waals surface area contributed by atoms with Crippen molar-refractivity contribution in [1.29, 1.82) is 0 Å². The Balaban J connectivity index is 1.64. The highest BCUT2D eigenvalue weighted by atomic mass is 32.1. The second-order valence-corrected chi connectivity index (χ2v) is 6.48.